The lowest BCUT2D eigenvalue weighted by atomic mass is 9.85. The van der Waals surface area contributed by atoms with Gasteiger partial charge in [0.15, 0.2) is 0 Å². The van der Waals surface area contributed by atoms with Crippen molar-refractivity contribution < 1.29 is 33.3 Å². The maximum absolute atomic E-state index is 14.8. The Morgan fingerprint density at radius 1 is 1.04 bits per heavy atom. The summed E-state index contributed by atoms with van der Waals surface area (Å²) < 4.78 is 23.7. The Morgan fingerprint density at radius 2 is 1.79 bits per heavy atom. The van der Waals surface area contributed by atoms with Crippen LogP contribution in [-0.2, 0) is 25.5 Å². The van der Waals surface area contributed by atoms with Crippen LogP contribution in [0.2, 0.25) is 0 Å². The summed E-state index contributed by atoms with van der Waals surface area (Å²) in [4.78, 5) is 53.3. The van der Waals surface area contributed by atoms with Gasteiger partial charge in [-0.3, -0.25) is 4.79 Å². The lowest BCUT2D eigenvalue weighted by Crippen LogP contribution is -2.57. The maximum atomic E-state index is 14.8. The third-order valence-corrected chi connectivity index (χ3v) is 9.79. The summed E-state index contributed by atoms with van der Waals surface area (Å²) in [5.74, 6) is -0.300. The smallest absolute Gasteiger partial charge is 0.408 e. The standard InChI is InChI=1S/C42H54N4O7/c1-9-11-13-18-28-22-34(28)53-41(49)45-37(42(5,6)7)39(47)46-24-35(52-38-31(10-2)43-32-20-19-29(50-8)23-33(32)44-38)30(21-27-16-14-12-15-17-27)36(46)40(48)51-25-26(3)4/h9-10,12,14-17,19-20,23,26,28,30,34-37H,1-2,11,13,18,21-22,24-25H2,3-8H3,(H,45,49)/t28-,30-,34-,35+,36+,37-/m1/s1. The Bertz CT molecular complexity index is 1770. The van der Waals surface area contributed by atoms with E-state index >= 15 is 0 Å². The Hall–Kier alpha value is -4.93. The van der Waals surface area contributed by atoms with Gasteiger partial charge in [0.25, 0.3) is 0 Å². The van der Waals surface area contributed by atoms with Crippen LogP contribution in [0.4, 0.5) is 4.79 Å². The number of rotatable bonds is 16. The molecule has 53 heavy (non-hydrogen) atoms. The molecule has 1 aromatic heterocycles. The van der Waals surface area contributed by atoms with Gasteiger partial charge in [-0.25, -0.2) is 19.6 Å². The quantitative estimate of drug-likeness (QED) is 0.0927. The molecule has 2 aromatic carbocycles. The second-order valence-electron chi connectivity index (χ2n) is 15.5. The monoisotopic (exact) mass is 726 g/mol. The van der Waals surface area contributed by atoms with E-state index in [1.807, 2.05) is 77.1 Å². The number of ether oxygens (including phenoxy) is 4. The molecule has 1 aliphatic carbocycles. The number of unbranched alkanes of at least 4 members (excludes halogenated alkanes) is 1. The molecule has 284 valence electrons. The fourth-order valence-electron chi connectivity index (χ4n) is 6.81. The van der Waals surface area contributed by atoms with Crippen LogP contribution in [-0.4, -0.2) is 77.4 Å². The Morgan fingerprint density at radius 3 is 2.45 bits per heavy atom. The highest BCUT2D eigenvalue weighted by atomic mass is 16.6. The number of hydrogen-bond donors (Lipinski definition) is 1. The average Bonchev–Trinajstić information content (AvgIpc) is 3.77. The van der Waals surface area contributed by atoms with Crippen molar-refractivity contribution in [3.05, 3.63) is 79.0 Å². The SMILES string of the molecule is C=CCCC[C@@H]1C[C@H]1OC(=O)N[C@H](C(=O)N1C[C@H](Oc2nc3cc(OC)ccc3nc2C=C)[C@@H](Cc2ccccc2)[C@H]1C(=O)OCC(C)C)C(C)(C)C. The zero-order valence-corrected chi connectivity index (χ0v) is 31.9. The molecular weight excluding hydrogens is 672 g/mol. The summed E-state index contributed by atoms with van der Waals surface area (Å²) >= 11 is 0. The first-order valence-corrected chi connectivity index (χ1v) is 18.6. The molecule has 0 spiro atoms. The molecule has 0 radical (unpaired) electrons. The van der Waals surface area contributed by atoms with E-state index in [9.17, 15) is 14.4 Å². The van der Waals surface area contributed by atoms with Gasteiger partial charge in [-0.1, -0.05) is 77.6 Å². The first-order valence-electron chi connectivity index (χ1n) is 18.6. The number of methoxy groups -OCH3 is 1. The number of allylic oxidation sites excluding steroid dienone is 1. The largest absolute Gasteiger partial charge is 0.497 e. The van der Waals surface area contributed by atoms with Gasteiger partial charge in [-0.15, -0.1) is 6.58 Å². The second-order valence-corrected chi connectivity index (χ2v) is 15.5. The highest BCUT2D eigenvalue weighted by molar-refractivity contribution is 5.91. The molecule has 2 amide bonds. The van der Waals surface area contributed by atoms with Crippen LogP contribution in [0.5, 0.6) is 11.6 Å². The van der Waals surface area contributed by atoms with Crippen LogP contribution in [0.1, 0.15) is 71.6 Å². The molecule has 1 aliphatic heterocycles. The third kappa shape index (κ3) is 9.94. The third-order valence-electron chi connectivity index (χ3n) is 9.79. The number of nitrogens with zero attached hydrogens (tertiary/aromatic N) is 3. The van der Waals surface area contributed by atoms with Crippen molar-refractivity contribution in [1.29, 1.82) is 0 Å². The molecular formula is C42H54N4O7. The summed E-state index contributed by atoms with van der Waals surface area (Å²) in [6.45, 7) is 17.5. The van der Waals surface area contributed by atoms with Gasteiger partial charge in [0.2, 0.25) is 11.8 Å². The van der Waals surface area contributed by atoms with Crippen LogP contribution >= 0.6 is 0 Å². The lowest BCUT2D eigenvalue weighted by molar-refractivity contribution is -0.157. The van der Waals surface area contributed by atoms with Crippen molar-refractivity contribution in [2.24, 2.45) is 23.2 Å². The number of hydrogen-bond acceptors (Lipinski definition) is 9. The molecule has 6 atom stereocenters. The van der Waals surface area contributed by atoms with Crippen LogP contribution in [0.15, 0.2) is 67.8 Å². The van der Waals surface area contributed by atoms with E-state index < -0.39 is 47.5 Å². The summed E-state index contributed by atoms with van der Waals surface area (Å²) in [5, 5.41) is 2.87. The van der Waals surface area contributed by atoms with Gasteiger partial charge >= 0.3 is 12.1 Å². The zero-order valence-electron chi connectivity index (χ0n) is 31.9. The fraction of sp³-hybridized carbons (Fsp3) is 0.500. The molecule has 2 fully saturated rings. The van der Waals surface area contributed by atoms with Crippen LogP contribution in [0.3, 0.4) is 0 Å². The summed E-state index contributed by atoms with van der Waals surface area (Å²) in [7, 11) is 1.58. The van der Waals surface area contributed by atoms with E-state index in [-0.39, 0.29) is 31.1 Å². The Balaban J connectivity index is 1.49. The fourth-order valence-corrected chi connectivity index (χ4v) is 6.81. The summed E-state index contributed by atoms with van der Waals surface area (Å²) in [5.41, 5.74) is 1.83. The van der Waals surface area contributed by atoms with Crippen LogP contribution < -0.4 is 14.8 Å². The van der Waals surface area contributed by atoms with Crippen molar-refractivity contribution >= 4 is 35.1 Å². The van der Waals surface area contributed by atoms with Crippen molar-refractivity contribution in [2.45, 2.75) is 91.0 Å². The highest BCUT2D eigenvalue weighted by Gasteiger charge is 2.53. The van der Waals surface area contributed by atoms with E-state index in [4.69, 9.17) is 28.9 Å². The molecule has 2 aliphatic rings. The van der Waals surface area contributed by atoms with Gasteiger partial charge in [-0.05, 0) is 73.1 Å². The van der Waals surface area contributed by atoms with Crippen LogP contribution in [0, 0.1) is 23.2 Å². The predicted octanol–water partition coefficient (Wildman–Crippen LogP) is 7.18. The van der Waals surface area contributed by atoms with Crippen LogP contribution in [0.25, 0.3) is 17.1 Å². The van der Waals surface area contributed by atoms with Gasteiger partial charge in [0, 0.05) is 12.0 Å². The van der Waals surface area contributed by atoms with E-state index in [1.54, 1.807) is 25.3 Å². The number of benzene rings is 2. The number of alkyl carbamates (subject to hydrolysis) is 1. The van der Waals surface area contributed by atoms with Gasteiger partial charge in [0.1, 0.15) is 35.7 Å². The number of carbonyl (C=O) groups is 3. The lowest BCUT2D eigenvalue weighted by Gasteiger charge is -2.35. The van der Waals surface area contributed by atoms with Gasteiger partial charge in [-0.2, -0.15) is 0 Å². The topological polar surface area (TPSA) is 129 Å². The predicted molar refractivity (Wildman–Crippen MR) is 204 cm³/mol. The molecule has 11 heteroatoms. The number of esters is 1. The first-order chi connectivity index (χ1) is 25.3. The molecule has 1 N–H and O–H groups in total. The normalized spacial score (nSPS) is 21.5. The molecule has 1 saturated heterocycles. The van der Waals surface area contributed by atoms with Crippen molar-refractivity contribution in [1.82, 2.24) is 20.2 Å². The number of nitrogens with one attached hydrogen (secondary N) is 1. The Labute approximate surface area is 313 Å². The second kappa shape index (κ2) is 17.3. The number of carbonyl (C=O) groups excluding carboxylic acids is 3. The minimum Gasteiger partial charge on any atom is -0.497 e. The average molecular weight is 727 g/mol. The minimum absolute atomic E-state index is 0.0312. The van der Waals surface area contributed by atoms with Crippen molar-refractivity contribution in [3.8, 4) is 11.6 Å². The summed E-state index contributed by atoms with van der Waals surface area (Å²) in [6.07, 6.45) is 5.97. The van der Waals surface area contributed by atoms with E-state index in [0.29, 0.717) is 34.8 Å². The van der Waals surface area contributed by atoms with Crippen molar-refractivity contribution in [3.63, 3.8) is 0 Å². The molecule has 3 aromatic rings. The van der Waals surface area contributed by atoms with Gasteiger partial charge < -0.3 is 29.2 Å². The molecule has 1 saturated carbocycles. The number of fused-ring (bicyclic) bond motifs is 1. The molecule has 2 heterocycles. The molecule has 11 nitrogen and oxygen atoms in total. The molecule has 0 unspecified atom stereocenters. The first kappa shape index (κ1) is 39.3. The highest BCUT2D eigenvalue weighted by Crippen LogP contribution is 2.39. The van der Waals surface area contributed by atoms with E-state index in [2.05, 4.69) is 18.5 Å². The molecule has 5 rings (SSSR count). The molecule has 0 bridgehead atoms. The van der Waals surface area contributed by atoms with Gasteiger partial charge in [0.05, 0.1) is 31.3 Å². The number of aromatic nitrogens is 2. The number of likely N-dealkylation sites (tertiary alicyclic amines) is 1. The summed E-state index contributed by atoms with van der Waals surface area (Å²) in [6, 6.07) is 13.1. The minimum atomic E-state index is -1.02. The van der Waals surface area contributed by atoms with Crippen molar-refractivity contribution in [2.75, 3.05) is 20.3 Å². The van der Waals surface area contributed by atoms with E-state index in [0.717, 1.165) is 31.2 Å². The zero-order chi connectivity index (χ0) is 38.3. The maximum Gasteiger partial charge on any atom is 0.408 e. The Kier molecular flexibility index (Phi) is 12.8. The number of amides is 2. The van der Waals surface area contributed by atoms with E-state index in [1.165, 1.54) is 4.90 Å².